The van der Waals surface area contributed by atoms with Crippen LogP contribution < -0.4 is 5.63 Å². The quantitative estimate of drug-likeness (QED) is 0.297. The van der Waals surface area contributed by atoms with Crippen LogP contribution in [-0.4, -0.2) is 19.9 Å². The van der Waals surface area contributed by atoms with Gasteiger partial charge in [-0.15, -0.1) is 10.2 Å². The summed E-state index contributed by atoms with van der Waals surface area (Å²) in [5, 5.41) is 19.8. The van der Waals surface area contributed by atoms with Crippen LogP contribution in [-0.2, 0) is 5.75 Å². The monoisotopic (exact) mass is 445 g/mol. The summed E-state index contributed by atoms with van der Waals surface area (Å²) < 4.78 is 20.5. The minimum Gasteiger partial charge on any atom is -0.508 e. The van der Waals surface area contributed by atoms with Gasteiger partial charge in [-0.1, -0.05) is 30.0 Å². The molecule has 0 spiro atoms. The Morgan fingerprint density at radius 2 is 1.75 bits per heavy atom. The van der Waals surface area contributed by atoms with Gasteiger partial charge in [0.2, 0.25) is 0 Å². The number of para-hydroxylation sites is 1. The topological polar surface area (TPSA) is 81.2 Å². The third-order valence-corrected chi connectivity index (χ3v) is 5.90. The van der Waals surface area contributed by atoms with E-state index in [1.807, 2.05) is 34.9 Å². The van der Waals surface area contributed by atoms with Crippen molar-refractivity contribution in [2.75, 3.05) is 0 Å². The molecule has 0 saturated carbocycles. The number of phenols is 1. The lowest BCUT2D eigenvalue weighted by Crippen LogP contribution is -2.02. The van der Waals surface area contributed by atoms with Crippen LogP contribution in [0.25, 0.3) is 28.0 Å². The largest absolute Gasteiger partial charge is 0.508 e. The first kappa shape index (κ1) is 20.0. The highest BCUT2D eigenvalue weighted by Crippen LogP contribution is 2.31. The molecule has 6 nitrogen and oxygen atoms in total. The SMILES string of the molecule is O=c1cc(CSc2nnc(-c3ccc(F)cc3)n2-c2ccccc2)c2ccc(O)cc2o1. The highest BCUT2D eigenvalue weighted by molar-refractivity contribution is 7.98. The van der Waals surface area contributed by atoms with Crippen LogP contribution >= 0.6 is 11.8 Å². The van der Waals surface area contributed by atoms with Gasteiger partial charge < -0.3 is 9.52 Å². The normalized spacial score (nSPS) is 11.2. The standard InChI is InChI=1S/C24H16FN3O3S/c25-17-8-6-15(7-9-17)23-26-27-24(28(23)18-4-2-1-3-5-18)32-14-16-12-22(30)31-21-13-19(29)10-11-20(16)21/h1-13,29H,14H2. The fourth-order valence-electron chi connectivity index (χ4n) is 3.44. The Morgan fingerprint density at radius 3 is 2.53 bits per heavy atom. The third kappa shape index (κ3) is 3.88. The number of halogens is 1. The van der Waals surface area contributed by atoms with Crippen LogP contribution in [0.3, 0.4) is 0 Å². The van der Waals surface area contributed by atoms with Gasteiger partial charge in [0.15, 0.2) is 11.0 Å². The molecule has 0 radical (unpaired) electrons. The number of aromatic hydroxyl groups is 1. The molecule has 0 saturated heterocycles. The second-order valence-corrected chi connectivity index (χ2v) is 7.99. The number of rotatable bonds is 5. The molecule has 3 aromatic carbocycles. The number of fused-ring (bicyclic) bond motifs is 1. The molecule has 2 heterocycles. The van der Waals surface area contributed by atoms with Crippen molar-refractivity contribution in [3.8, 4) is 22.8 Å². The number of nitrogens with zero attached hydrogens (tertiary/aromatic N) is 3. The Hall–Kier alpha value is -3.91. The number of hydrogen-bond donors (Lipinski definition) is 1. The maximum absolute atomic E-state index is 13.4. The smallest absolute Gasteiger partial charge is 0.336 e. The zero-order valence-corrected chi connectivity index (χ0v) is 17.4. The zero-order valence-electron chi connectivity index (χ0n) is 16.6. The summed E-state index contributed by atoms with van der Waals surface area (Å²) in [6, 6.07) is 21.9. The molecule has 1 N–H and O–H groups in total. The van der Waals surface area contributed by atoms with Crippen LogP contribution in [0.15, 0.2) is 93.2 Å². The van der Waals surface area contributed by atoms with E-state index < -0.39 is 5.63 Å². The van der Waals surface area contributed by atoms with Crippen LogP contribution in [0, 0.1) is 5.82 Å². The van der Waals surface area contributed by atoms with Gasteiger partial charge in [0.05, 0.1) is 0 Å². The van der Waals surface area contributed by atoms with E-state index in [-0.39, 0.29) is 11.6 Å². The first-order valence-electron chi connectivity index (χ1n) is 9.74. The van der Waals surface area contributed by atoms with Gasteiger partial charge in [0, 0.05) is 34.5 Å². The summed E-state index contributed by atoms with van der Waals surface area (Å²) in [6.45, 7) is 0. The summed E-state index contributed by atoms with van der Waals surface area (Å²) in [6.07, 6.45) is 0. The molecular weight excluding hydrogens is 429 g/mol. The number of aromatic nitrogens is 3. The first-order valence-corrected chi connectivity index (χ1v) is 10.7. The predicted molar refractivity (Wildman–Crippen MR) is 120 cm³/mol. The van der Waals surface area contributed by atoms with E-state index in [1.165, 1.54) is 36.0 Å². The summed E-state index contributed by atoms with van der Waals surface area (Å²) in [4.78, 5) is 12.0. The fraction of sp³-hybridized carbons (Fsp3) is 0.0417. The summed E-state index contributed by atoms with van der Waals surface area (Å²) in [7, 11) is 0. The molecule has 2 aromatic heterocycles. The van der Waals surface area contributed by atoms with Gasteiger partial charge >= 0.3 is 5.63 Å². The van der Waals surface area contributed by atoms with E-state index in [0.717, 1.165) is 22.2 Å². The highest BCUT2D eigenvalue weighted by atomic mass is 32.2. The van der Waals surface area contributed by atoms with Crippen LogP contribution in [0.1, 0.15) is 5.56 Å². The number of phenolic OH excluding ortho intramolecular Hbond substituents is 1. The molecule has 0 aliphatic heterocycles. The molecule has 8 heteroatoms. The van der Waals surface area contributed by atoms with Gasteiger partial charge in [-0.3, -0.25) is 4.57 Å². The molecule has 0 aliphatic rings. The lowest BCUT2D eigenvalue weighted by molar-refractivity contribution is 0.473. The molecule has 0 bridgehead atoms. The van der Waals surface area contributed by atoms with E-state index in [1.54, 1.807) is 24.3 Å². The minimum atomic E-state index is -0.491. The van der Waals surface area contributed by atoms with Crippen LogP contribution in [0.5, 0.6) is 5.75 Å². The van der Waals surface area contributed by atoms with Crippen molar-refractivity contribution in [2.45, 2.75) is 10.9 Å². The van der Waals surface area contributed by atoms with Crippen molar-refractivity contribution >= 4 is 22.7 Å². The van der Waals surface area contributed by atoms with E-state index in [0.29, 0.717) is 22.3 Å². The molecule has 0 unspecified atom stereocenters. The van der Waals surface area contributed by atoms with Crippen molar-refractivity contribution in [1.29, 1.82) is 0 Å². The Balaban J connectivity index is 1.56. The summed E-state index contributed by atoms with van der Waals surface area (Å²) in [5.74, 6) is 0.718. The van der Waals surface area contributed by atoms with E-state index >= 15 is 0 Å². The van der Waals surface area contributed by atoms with Gasteiger partial charge in [0.25, 0.3) is 0 Å². The molecule has 32 heavy (non-hydrogen) atoms. The second-order valence-electron chi connectivity index (χ2n) is 7.04. The summed E-state index contributed by atoms with van der Waals surface area (Å²) >= 11 is 1.41. The number of hydrogen-bond acceptors (Lipinski definition) is 6. The maximum Gasteiger partial charge on any atom is 0.336 e. The lowest BCUT2D eigenvalue weighted by atomic mass is 10.1. The maximum atomic E-state index is 13.4. The Kier molecular flexibility index (Phi) is 5.20. The minimum absolute atomic E-state index is 0.0261. The van der Waals surface area contributed by atoms with Crippen molar-refractivity contribution in [1.82, 2.24) is 14.8 Å². The van der Waals surface area contributed by atoms with Crippen molar-refractivity contribution < 1.29 is 13.9 Å². The molecule has 5 aromatic rings. The second kappa shape index (κ2) is 8.32. The molecule has 0 aliphatic carbocycles. The van der Waals surface area contributed by atoms with Crippen molar-refractivity contribution in [3.05, 3.63) is 101 Å². The molecule has 0 amide bonds. The van der Waals surface area contributed by atoms with Gasteiger partial charge in [-0.05, 0) is 54.1 Å². The van der Waals surface area contributed by atoms with Crippen molar-refractivity contribution in [3.63, 3.8) is 0 Å². The Labute approximate surface area is 186 Å². The lowest BCUT2D eigenvalue weighted by Gasteiger charge is -2.11. The van der Waals surface area contributed by atoms with Gasteiger partial charge in [-0.25, -0.2) is 9.18 Å². The molecular formula is C24H16FN3O3S. The predicted octanol–water partition coefficient (Wildman–Crippen LogP) is 5.18. The highest BCUT2D eigenvalue weighted by Gasteiger charge is 2.17. The Bertz CT molecular complexity index is 1460. The molecule has 158 valence electrons. The molecule has 5 rings (SSSR count). The summed E-state index contributed by atoms with van der Waals surface area (Å²) in [5.41, 5.74) is 2.18. The number of benzene rings is 3. The third-order valence-electron chi connectivity index (χ3n) is 4.92. The first-order chi connectivity index (χ1) is 15.6. The molecule has 0 fully saturated rings. The zero-order chi connectivity index (χ0) is 22.1. The average Bonchev–Trinajstić information content (AvgIpc) is 3.22. The van der Waals surface area contributed by atoms with Gasteiger partial charge in [-0.2, -0.15) is 0 Å². The van der Waals surface area contributed by atoms with Crippen LogP contribution in [0.4, 0.5) is 4.39 Å². The van der Waals surface area contributed by atoms with Crippen LogP contribution in [0.2, 0.25) is 0 Å². The van der Waals surface area contributed by atoms with E-state index in [9.17, 15) is 14.3 Å². The Morgan fingerprint density at radius 1 is 0.969 bits per heavy atom. The van der Waals surface area contributed by atoms with E-state index in [2.05, 4.69) is 10.2 Å². The fourth-order valence-corrected chi connectivity index (χ4v) is 4.38. The molecule has 0 atom stereocenters. The van der Waals surface area contributed by atoms with Crippen molar-refractivity contribution in [2.24, 2.45) is 0 Å². The van der Waals surface area contributed by atoms with E-state index in [4.69, 9.17) is 4.42 Å². The average molecular weight is 445 g/mol. The van der Waals surface area contributed by atoms with Gasteiger partial charge in [0.1, 0.15) is 17.1 Å². The number of thioether (sulfide) groups is 1.